The number of rotatable bonds is 5. The molecule has 0 radical (unpaired) electrons. The van der Waals surface area contributed by atoms with Crippen LogP contribution in [0.4, 0.5) is 4.79 Å². The lowest BCUT2D eigenvalue weighted by Crippen LogP contribution is -2.47. The fraction of sp³-hybridized carbons (Fsp3) is 0.300. The number of benzene rings is 2. The second kappa shape index (κ2) is 7.83. The molecule has 1 atom stereocenters. The Labute approximate surface area is 148 Å². The van der Waals surface area contributed by atoms with Crippen LogP contribution in [-0.4, -0.2) is 23.6 Å². The smallest absolute Gasteiger partial charge is 0.408 e. The highest BCUT2D eigenvalue weighted by molar-refractivity contribution is 5.84. The molecule has 0 heterocycles. The summed E-state index contributed by atoms with van der Waals surface area (Å²) < 4.78 is 5.18. The monoisotopic (exact) mass is 340 g/mol. The Balaban J connectivity index is 2.04. The van der Waals surface area contributed by atoms with E-state index in [2.05, 4.69) is 5.32 Å². The topological polar surface area (TPSA) is 81.4 Å². The van der Waals surface area contributed by atoms with Gasteiger partial charge in [-0.1, -0.05) is 54.6 Å². The molecule has 0 spiro atoms. The first-order valence-electron chi connectivity index (χ1n) is 8.18. The summed E-state index contributed by atoms with van der Waals surface area (Å²) in [7, 11) is 0. The molecule has 2 aromatic carbocycles. The number of hydrogen-bond acceptors (Lipinski definition) is 3. The SMILES string of the molecule is CC(C)(C)OC(=O)N[C@H](Cc1ccc(-c2ccccc2)cc1)C(N)=O. The van der Waals surface area contributed by atoms with Gasteiger partial charge in [-0.05, 0) is 37.5 Å². The van der Waals surface area contributed by atoms with Gasteiger partial charge in [-0.15, -0.1) is 0 Å². The van der Waals surface area contributed by atoms with Crippen molar-refractivity contribution in [1.82, 2.24) is 5.32 Å². The van der Waals surface area contributed by atoms with Crippen LogP contribution >= 0.6 is 0 Å². The number of nitrogens with two attached hydrogens (primary N) is 1. The maximum atomic E-state index is 11.9. The van der Waals surface area contributed by atoms with Crippen molar-refractivity contribution >= 4 is 12.0 Å². The molecule has 3 N–H and O–H groups in total. The number of carbonyl (C=O) groups is 2. The highest BCUT2D eigenvalue weighted by Gasteiger charge is 2.22. The average Bonchev–Trinajstić information content (AvgIpc) is 2.54. The largest absolute Gasteiger partial charge is 0.444 e. The Morgan fingerprint density at radius 3 is 2.08 bits per heavy atom. The van der Waals surface area contributed by atoms with E-state index in [-0.39, 0.29) is 0 Å². The van der Waals surface area contributed by atoms with Crippen LogP contribution in [0.1, 0.15) is 26.3 Å². The number of amides is 2. The van der Waals surface area contributed by atoms with Crippen molar-refractivity contribution in [3.05, 3.63) is 60.2 Å². The molecule has 0 bridgehead atoms. The maximum Gasteiger partial charge on any atom is 0.408 e. The van der Waals surface area contributed by atoms with Crippen LogP contribution in [0.3, 0.4) is 0 Å². The minimum atomic E-state index is -0.822. The molecule has 5 heteroatoms. The first-order valence-corrected chi connectivity index (χ1v) is 8.18. The summed E-state index contributed by atoms with van der Waals surface area (Å²) in [6.07, 6.45) is -0.346. The Bertz CT molecular complexity index is 719. The van der Waals surface area contributed by atoms with E-state index in [4.69, 9.17) is 10.5 Å². The van der Waals surface area contributed by atoms with Gasteiger partial charge in [-0.3, -0.25) is 4.79 Å². The van der Waals surface area contributed by atoms with Crippen molar-refractivity contribution in [2.75, 3.05) is 0 Å². The van der Waals surface area contributed by atoms with Crippen LogP contribution < -0.4 is 11.1 Å². The Hall–Kier alpha value is -2.82. The summed E-state index contributed by atoms with van der Waals surface area (Å²) in [5, 5.41) is 2.53. The molecule has 5 nitrogen and oxygen atoms in total. The molecule has 0 aromatic heterocycles. The third-order valence-corrected chi connectivity index (χ3v) is 3.54. The van der Waals surface area contributed by atoms with Crippen molar-refractivity contribution in [1.29, 1.82) is 0 Å². The van der Waals surface area contributed by atoms with Gasteiger partial charge in [0.2, 0.25) is 5.91 Å². The number of carbonyl (C=O) groups excluding carboxylic acids is 2. The van der Waals surface area contributed by atoms with Crippen molar-refractivity contribution in [2.24, 2.45) is 5.73 Å². The van der Waals surface area contributed by atoms with E-state index in [1.807, 2.05) is 54.6 Å². The molecule has 0 aliphatic carbocycles. The third-order valence-electron chi connectivity index (χ3n) is 3.54. The van der Waals surface area contributed by atoms with Gasteiger partial charge in [0.05, 0.1) is 0 Å². The van der Waals surface area contributed by atoms with E-state index < -0.39 is 23.6 Å². The van der Waals surface area contributed by atoms with Gasteiger partial charge in [-0.25, -0.2) is 4.79 Å². The molecule has 25 heavy (non-hydrogen) atoms. The maximum absolute atomic E-state index is 11.9. The zero-order valence-corrected chi connectivity index (χ0v) is 14.8. The normalized spacial score (nSPS) is 12.3. The zero-order valence-electron chi connectivity index (χ0n) is 14.8. The van der Waals surface area contributed by atoms with E-state index in [1.165, 1.54) is 0 Å². The molecule has 0 fully saturated rings. The van der Waals surface area contributed by atoms with Gasteiger partial charge >= 0.3 is 6.09 Å². The van der Waals surface area contributed by atoms with Crippen LogP contribution in [0.5, 0.6) is 0 Å². The molecule has 0 aliphatic rings. The molecular weight excluding hydrogens is 316 g/mol. The molecule has 0 aliphatic heterocycles. The minimum absolute atomic E-state index is 0.309. The summed E-state index contributed by atoms with van der Waals surface area (Å²) in [6.45, 7) is 5.27. The molecule has 2 amide bonds. The van der Waals surface area contributed by atoms with Crippen molar-refractivity contribution < 1.29 is 14.3 Å². The average molecular weight is 340 g/mol. The summed E-state index contributed by atoms with van der Waals surface area (Å²) in [4.78, 5) is 23.5. The van der Waals surface area contributed by atoms with E-state index >= 15 is 0 Å². The Morgan fingerprint density at radius 2 is 1.56 bits per heavy atom. The lowest BCUT2D eigenvalue weighted by atomic mass is 10.0. The van der Waals surface area contributed by atoms with E-state index in [1.54, 1.807) is 20.8 Å². The second-order valence-electron chi connectivity index (χ2n) is 6.87. The quantitative estimate of drug-likeness (QED) is 0.876. The molecule has 2 rings (SSSR count). The number of hydrogen-bond donors (Lipinski definition) is 2. The number of nitrogens with one attached hydrogen (secondary N) is 1. The predicted octanol–water partition coefficient (Wildman–Crippen LogP) is 3.27. The van der Waals surface area contributed by atoms with E-state index in [0.29, 0.717) is 6.42 Å². The second-order valence-corrected chi connectivity index (χ2v) is 6.87. The van der Waals surface area contributed by atoms with Crippen LogP contribution in [-0.2, 0) is 16.0 Å². The zero-order chi connectivity index (χ0) is 18.4. The lowest BCUT2D eigenvalue weighted by molar-refractivity contribution is -0.120. The van der Waals surface area contributed by atoms with E-state index in [9.17, 15) is 9.59 Å². The van der Waals surface area contributed by atoms with Gasteiger partial charge in [-0.2, -0.15) is 0 Å². The highest BCUT2D eigenvalue weighted by atomic mass is 16.6. The van der Waals surface area contributed by atoms with Gasteiger partial charge < -0.3 is 15.8 Å². The fourth-order valence-corrected chi connectivity index (χ4v) is 2.37. The number of alkyl carbamates (subject to hydrolysis) is 1. The molecule has 0 unspecified atom stereocenters. The molecule has 2 aromatic rings. The van der Waals surface area contributed by atoms with Gasteiger partial charge in [0.15, 0.2) is 0 Å². The van der Waals surface area contributed by atoms with Crippen LogP contribution in [0.15, 0.2) is 54.6 Å². The summed E-state index contributed by atoms with van der Waals surface area (Å²) >= 11 is 0. The standard InChI is InChI=1S/C20H24N2O3/c1-20(2,3)25-19(24)22-17(18(21)23)13-14-9-11-16(12-10-14)15-7-5-4-6-8-15/h4-12,17H,13H2,1-3H3,(H2,21,23)(H,22,24)/t17-/m1/s1. The fourth-order valence-electron chi connectivity index (χ4n) is 2.37. The van der Waals surface area contributed by atoms with Crippen LogP contribution in [0.25, 0.3) is 11.1 Å². The van der Waals surface area contributed by atoms with Crippen molar-refractivity contribution in [3.8, 4) is 11.1 Å². The van der Waals surface area contributed by atoms with Gasteiger partial charge in [0.1, 0.15) is 11.6 Å². The summed E-state index contributed by atoms with van der Waals surface area (Å²) in [5.41, 5.74) is 7.88. The first-order chi connectivity index (χ1) is 11.7. The first kappa shape index (κ1) is 18.5. The predicted molar refractivity (Wildman–Crippen MR) is 97.9 cm³/mol. The third kappa shape index (κ3) is 5.95. The van der Waals surface area contributed by atoms with Gasteiger partial charge in [0.25, 0.3) is 0 Å². The summed E-state index contributed by atoms with van der Waals surface area (Å²) in [6, 6.07) is 17.0. The molecule has 132 valence electrons. The molecular formula is C20H24N2O3. The number of ether oxygens (including phenoxy) is 1. The van der Waals surface area contributed by atoms with Crippen molar-refractivity contribution in [3.63, 3.8) is 0 Å². The van der Waals surface area contributed by atoms with Gasteiger partial charge in [0, 0.05) is 6.42 Å². The molecule has 0 saturated carbocycles. The highest BCUT2D eigenvalue weighted by Crippen LogP contribution is 2.19. The Morgan fingerprint density at radius 1 is 1.00 bits per heavy atom. The van der Waals surface area contributed by atoms with Crippen LogP contribution in [0.2, 0.25) is 0 Å². The van der Waals surface area contributed by atoms with Crippen LogP contribution in [0, 0.1) is 0 Å². The Kier molecular flexibility index (Phi) is 5.80. The lowest BCUT2D eigenvalue weighted by Gasteiger charge is -2.22. The van der Waals surface area contributed by atoms with Crippen molar-refractivity contribution in [2.45, 2.75) is 38.8 Å². The number of primary amides is 1. The molecule has 0 saturated heterocycles. The van der Waals surface area contributed by atoms with E-state index in [0.717, 1.165) is 16.7 Å². The minimum Gasteiger partial charge on any atom is -0.444 e. The summed E-state index contributed by atoms with van der Waals surface area (Å²) in [5.74, 6) is -0.599.